The van der Waals surface area contributed by atoms with Crippen molar-refractivity contribution < 1.29 is 9.13 Å². The van der Waals surface area contributed by atoms with Crippen LogP contribution in [0.1, 0.15) is 0 Å². The fraction of sp³-hybridized carbons (Fsp3) is 0.0526. The second kappa shape index (κ2) is 6.49. The molecule has 2 aromatic carbocycles. The van der Waals surface area contributed by atoms with Gasteiger partial charge in [0, 0.05) is 16.6 Å². The van der Waals surface area contributed by atoms with Gasteiger partial charge in [-0.15, -0.1) is 11.3 Å². The van der Waals surface area contributed by atoms with Crippen molar-refractivity contribution in [1.29, 1.82) is 0 Å². The number of anilines is 2. The van der Waals surface area contributed by atoms with Crippen molar-refractivity contribution >= 4 is 33.1 Å². The van der Waals surface area contributed by atoms with Crippen molar-refractivity contribution in [3.05, 3.63) is 66.1 Å². The molecular weight excluding hydrogens is 337 g/mol. The van der Waals surface area contributed by atoms with Gasteiger partial charge in [-0.1, -0.05) is 12.1 Å². The van der Waals surface area contributed by atoms with Crippen molar-refractivity contribution in [3.8, 4) is 16.9 Å². The van der Waals surface area contributed by atoms with E-state index in [1.165, 1.54) is 18.5 Å². The third-order valence-corrected chi connectivity index (χ3v) is 4.76. The molecule has 4 rings (SSSR count). The highest BCUT2D eigenvalue weighted by Crippen LogP contribution is 2.37. The lowest BCUT2D eigenvalue weighted by atomic mass is 10.1. The molecule has 4 nitrogen and oxygen atoms in total. The second-order valence-corrected chi connectivity index (χ2v) is 6.27. The van der Waals surface area contributed by atoms with Gasteiger partial charge in [0.25, 0.3) is 0 Å². The van der Waals surface area contributed by atoms with Crippen LogP contribution in [-0.4, -0.2) is 17.1 Å². The summed E-state index contributed by atoms with van der Waals surface area (Å²) in [5, 5.41) is 6.27. The number of methoxy groups -OCH3 is 1. The minimum atomic E-state index is -0.271. The molecule has 0 fully saturated rings. The molecule has 0 atom stereocenters. The van der Waals surface area contributed by atoms with Gasteiger partial charge in [-0.05, 0) is 42.0 Å². The van der Waals surface area contributed by atoms with E-state index >= 15 is 0 Å². The summed E-state index contributed by atoms with van der Waals surface area (Å²) in [7, 11) is 1.65. The molecule has 1 N–H and O–H groups in total. The number of aromatic nitrogens is 2. The van der Waals surface area contributed by atoms with E-state index in [1.54, 1.807) is 30.6 Å². The molecule has 0 aliphatic heterocycles. The fourth-order valence-corrected chi connectivity index (χ4v) is 3.54. The van der Waals surface area contributed by atoms with Crippen LogP contribution in [0.15, 0.2) is 60.2 Å². The van der Waals surface area contributed by atoms with E-state index in [2.05, 4.69) is 20.7 Å². The highest BCUT2D eigenvalue weighted by molar-refractivity contribution is 7.17. The van der Waals surface area contributed by atoms with Crippen LogP contribution in [0.3, 0.4) is 0 Å². The number of rotatable bonds is 4. The summed E-state index contributed by atoms with van der Waals surface area (Å²) in [6.07, 6.45) is 1.53. The van der Waals surface area contributed by atoms with E-state index in [9.17, 15) is 4.39 Å². The van der Waals surface area contributed by atoms with Gasteiger partial charge >= 0.3 is 0 Å². The molecular formula is C19H14FN3OS. The molecule has 0 amide bonds. The SMILES string of the molecule is COc1ccc(-c2csc3ncnc(Nc4ccc(F)cc4)c23)cc1. The largest absolute Gasteiger partial charge is 0.497 e. The molecule has 0 aliphatic rings. The molecule has 0 unspecified atom stereocenters. The molecule has 0 aliphatic carbocycles. The zero-order chi connectivity index (χ0) is 17.2. The van der Waals surface area contributed by atoms with E-state index in [0.717, 1.165) is 32.8 Å². The topological polar surface area (TPSA) is 47.0 Å². The van der Waals surface area contributed by atoms with Crippen LogP contribution in [-0.2, 0) is 0 Å². The van der Waals surface area contributed by atoms with Gasteiger partial charge in [-0.3, -0.25) is 0 Å². The normalized spacial score (nSPS) is 10.8. The number of nitrogens with zero attached hydrogens (tertiary/aromatic N) is 2. The molecule has 2 aromatic heterocycles. The van der Waals surface area contributed by atoms with Crippen molar-refractivity contribution in [1.82, 2.24) is 9.97 Å². The van der Waals surface area contributed by atoms with Crippen molar-refractivity contribution in [3.63, 3.8) is 0 Å². The third kappa shape index (κ3) is 3.04. The molecule has 0 saturated carbocycles. The number of fused-ring (bicyclic) bond motifs is 1. The number of thiophene rings is 1. The van der Waals surface area contributed by atoms with Crippen molar-refractivity contribution in [2.75, 3.05) is 12.4 Å². The van der Waals surface area contributed by atoms with Crippen LogP contribution < -0.4 is 10.1 Å². The van der Waals surface area contributed by atoms with E-state index < -0.39 is 0 Å². The van der Waals surface area contributed by atoms with Crippen LogP contribution in [0.2, 0.25) is 0 Å². The van der Waals surface area contributed by atoms with Crippen LogP contribution in [0.4, 0.5) is 15.9 Å². The molecule has 6 heteroatoms. The summed E-state index contributed by atoms with van der Waals surface area (Å²) < 4.78 is 18.3. The molecule has 0 radical (unpaired) electrons. The summed E-state index contributed by atoms with van der Waals surface area (Å²) in [4.78, 5) is 9.64. The lowest BCUT2D eigenvalue weighted by molar-refractivity contribution is 0.415. The molecule has 4 aromatic rings. The Labute approximate surface area is 148 Å². The van der Waals surface area contributed by atoms with Gasteiger partial charge in [-0.2, -0.15) is 0 Å². The quantitative estimate of drug-likeness (QED) is 0.545. The van der Waals surface area contributed by atoms with Crippen LogP contribution in [0, 0.1) is 5.82 Å². The Morgan fingerprint density at radius 2 is 1.76 bits per heavy atom. The smallest absolute Gasteiger partial charge is 0.143 e. The first-order chi connectivity index (χ1) is 12.2. The van der Waals surface area contributed by atoms with Gasteiger partial charge in [-0.25, -0.2) is 14.4 Å². The summed E-state index contributed by atoms with van der Waals surface area (Å²) in [6, 6.07) is 14.1. The number of benzene rings is 2. The summed E-state index contributed by atoms with van der Waals surface area (Å²) in [5.41, 5.74) is 2.88. The first-order valence-corrected chi connectivity index (χ1v) is 8.52. The minimum absolute atomic E-state index is 0.271. The zero-order valence-electron chi connectivity index (χ0n) is 13.4. The first-order valence-electron chi connectivity index (χ1n) is 7.64. The number of hydrogen-bond acceptors (Lipinski definition) is 5. The Hall–Kier alpha value is -2.99. The Morgan fingerprint density at radius 3 is 2.48 bits per heavy atom. The number of hydrogen-bond donors (Lipinski definition) is 1. The van der Waals surface area contributed by atoms with E-state index in [4.69, 9.17) is 4.74 Å². The monoisotopic (exact) mass is 351 g/mol. The molecule has 0 bridgehead atoms. The Bertz CT molecular complexity index is 1010. The van der Waals surface area contributed by atoms with Crippen molar-refractivity contribution in [2.24, 2.45) is 0 Å². The highest BCUT2D eigenvalue weighted by Gasteiger charge is 2.13. The highest BCUT2D eigenvalue weighted by atomic mass is 32.1. The average molecular weight is 351 g/mol. The van der Waals surface area contributed by atoms with Gasteiger partial charge in [0.05, 0.1) is 12.5 Å². The maximum absolute atomic E-state index is 13.1. The maximum Gasteiger partial charge on any atom is 0.143 e. The van der Waals surface area contributed by atoms with E-state index in [1.807, 2.05) is 24.3 Å². The van der Waals surface area contributed by atoms with E-state index in [0.29, 0.717) is 5.82 Å². The Kier molecular flexibility index (Phi) is 4.03. The molecule has 0 saturated heterocycles. The lowest BCUT2D eigenvalue weighted by Crippen LogP contribution is -1.95. The number of ether oxygens (including phenoxy) is 1. The second-order valence-electron chi connectivity index (χ2n) is 5.41. The predicted molar refractivity (Wildman–Crippen MR) is 99.1 cm³/mol. The maximum atomic E-state index is 13.1. The standard InChI is InChI=1S/C19H14FN3OS/c1-24-15-8-2-12(3-9-15)16-10-25-19-17(16)18(21-11-22-19)23-14-6-4-13(20)5-7-14/h2-11H,1H3,(H,21,22,23). The first kappa shape index (κ1) is 15.5. The molecule has 25 heavy (non-hydrogen) atoms. The summed E-state index contributed by atoms with van der Waals surface area (Å²) in [6.45, 7) is 0. The predicted octanol–water partition coefficient (Wildman–Crippen LogP) is 5.25. The van der Waals surface area contributed by atoms with Gasteiger partial charge in [0.2, 0.25) is 0 Å². The summed E-state index contributed by atoms with van der Waals surface area (Å²) >= 11 is 1.56. The van der Waals surface area contributed by atoms with E-state index in [-0.39, 0.29) is 5.82 Å². The molecule has 2 heterocycles. The number of halogens is 1. The van der Waals surface area contributed by atoms with Gasteiger partial charge in [0.1, 0.15) is 28.5 Å². The van der Waals surface area contributed by atoms with Crippen LogP contribution >= 0.6 is 11.3 Å². The zero-order valence-corrected chi connectivity index (χ0v) is 14.2. The Balaban J connectivity index is 1.79. The average Bonchev–Trinajstić information content (AvgIpc) is 3.09. The van der Waals surface area contributed by atoms with Crippen LogP contribution in [0.25, 0.3) is 21.3 Å². The minimum Gasteiger partial charge on any atom is -0.497 e. The third-order valence-electron chi connectivity index (χ3n) is 3.88. The van der Waals surface area contributed by atoms with Gasteiger partial charge in [0.15, 0.2) is 0 Å². The molecule has 124 valence electrons. The number of nitrogens with one attached hydrogen (secondary N) is 1. The lowest BCUT2D eigenvalue weighted by Gasteiger charge is -2.09. The molecule has 0 spiro atoms. The fourth-order valence-electron chi connectivity index (χ4n) is 2.62. The summed E-state index contributed by atoms with van der Waals surface area (Å²) in [5.74, 6) is 1.24. The Morgan fingerprint density at radius 1 is 1.00 bits per heavy atom. The van der Waals surface area contributed by atoms with Gasteiger partial charge < -0.3 is 10.1 Å². The van der Waals surface area contributed by atoms with Crippen molar-refractivity contribution in [2.45, 2.75) is 0 Å². The van der Waals surface area contributed by atoms with Crippen LogP contribution in [0.5, 0.6) is 5.75 Å².